The molecule has 0 bridgehead atoms. The van der Waals surface area contributed by atoms with Crippen LogP contribution in [0.1, 0.15) is 38.3 Å². The summed E-state index contributed by atoms with van der Waals surface area (Å²) in [5.74, 6) is 0. The average Bonchev–Trinajstić information content (AvgIpc) is 2.30. The fourth-order valence-corrected chi connectivity index (χ4v) is 1.82. The summed E-state index contributed by atoms with van der Waals surface area (Å²) in [6.45, 7) is 9.43. The zero-order valence-corrected chi connectivity index (χ0v) is 10.7. The Labute approximate surface area is 98.9 Å². The molecule has 0 saturated heterocycles. The van der Waals surface area contributed by atoms with Gasteiger partial charge < -0.3 is 0 Å². The van der Waals surface area contributed by atoms with Gasteiger partial charge >= 0.3 is 0 Å². The molecule has 0 unspecified atom stereocenters. The molecule has 0 aromatic heterocycles. The molecule has 0 atom stereocenters. The maximum absolute atomic E-state index is 4.34. The van der Waals surface area contributed by atoms with Crippen LogP contribution in [-0.2, 0) is 0 Å². The first-order valence-electron chi connectivity index (χ1n) is 5.96. The Morgan fingerprint density at radius 1 is 1.25 bits per heavy atom. The van der Waals surface area contributed by atoms with Crippen molar-refractivity contribution in [3.8, 4) is 0 Å². The van der Waals surface area contributed by atoms with E-state index in [1.165, 1.54) is 22.3 Å². The average molecular weight is 215 g/mol. The maximum atomic E-state index is 4.34. The van der Waals surface area contributed by atoms with Crippen molar-refractivity contribution in [1.82, 2.24) is 0 Å². The third kappa shape index (κ3) is 3.06. The molecule has 0 spiro atoms. The third-order valence-corrected chi connectivity index (χ3v) is 2.84. The van der Waals surface area contributed by atoms with Crippen LogP contribution in [0.4, 0.5) is 0 Å². The molecule has 0 radical (unpaired) electrons. The Hall–Kier alpha value is -1.37. The van der Waals surface area contributed by atoms with Gasteiger partial charge in [0.25, 0.3) is 0 Å². The van der Waals surface area contributed by atoms with E-state index in [2.05, 4.69) is 57.0 Å². The summed E-state index contributed by atoms with van der Waals surface area (Å²) < 4.78 is 0. The fourth-order valence-electron chi connectivity index (χ4n) is 1.82. The first-order valence-corrected chi connectivity index (χ1v) is 5.96. The van der Waals surface area contributed by atoms with Gasteiger partial charge in [0.1, 0.15) is 0 Å². The summed E-state index contributed by atoms with van der Waals surface area (Å²) >= 11 is 0. The van der Waals surface area contributed by atoms with Gasteiger partial charge in [-0.1, -0.05) is 31.2 Å². The summed E-state index contributed by atoms with van der Waals surface area (Å²) in [7, 11) is 0. The van der Waals surface area contributed by atoms with Crippen molar-refractivity contribution in [3.05, 3.63) is 41.0 Å². The van der Waals surface area contributed by atoms with Crippen LogP contribution in [0.15, 0.2) is 34.8 Å². The van der Waals surface area contributed by atoms with Gasteiger partial charge in [0.05, 0.1) is 0 Å². The highest BCUT2D eigenvalue weighted by Gasteiger charge is 2.03. The standard InChI is InChI=1S/C15H21N/c1-5-14(11-16-6-2)13(4)15-10-8-7-9-12(15)3/h7-11H,5-6H2,1-4H3/b14-13+,16-11?. The van der Waals surface area contributed by atoms with Gasteiger partial charge in [-0.2, -0.15) is 0 Å². The summed E-state index contributed by atoms with van der Waals surface area (Å²) in [6.07, 6.45) is 3.05. The first-order chi connectivity index (χ1) is 7.70. The van der Waals surface area contributed by atoms with Crippen molar-refractivity contribution < 1.29 is 0 Å². The van der Waals surface area contributed by atoms with Crippen molar-refractivity contribution in [2.24, 2.45) is 4.99 Å². The molecule has 0 N–H and O–H groups in total. The molecule has 0 aliphatic rings. The van der Waals surface area contributed by atoms with Crippen molar-refractivity contribution in [2.75, 3.05) is 6.54 Å². The maximum Gasteiger partial charge on any atom is 0.0361 e. The minimum atomic E-state index is 0.852. The highest BCUT2D eigenvalue weighted by molar-refractivity contribution is 5.90. The van der Waals surface area contributed by atoms with Crippen molar-refractivity contribution in [2.45, 2.75) is 34.1 Å². The Balaban J connectivity index is 3.15. The van der Waals surface area contributed by atoms with E-state index in [9.17, 15) is 0 Å². The van der Waals surface area contributed by atoms with E-state index in [-0.39, 0.29) is 0 Å². The number of aliphatic imine (C=N–C) groups is 1. The summed E-state index contributed by atoms with van der Waals surface area (Å²) in [4.78, 5) is 4.34. The molecule has 0 amide bonds. The van der Waals surface area contributed by atoms with E-state index < -0.39 is 0 Å². The van der Waals surface area contributed by atoms with E-state index >= 15 is 0 Å². The van der Waals surface area contributed by atoms with E-state index in [1.54, 1.807) is 0 Å². The first kappa shape index (κ1) is 12.7. The second kappa shape index (κ2) is 6.26. The summed E-state index contributed by atoms with van der Waals surface area (Å²) in [5, 5.41) is 0. The third-order valence-electron chi connectivity index (χ3n) is 2.84. The van der Waals surface area contributed by atoms with Gasteiger partial charge in [0, 0.05) is 12.8 Å². The number of hydrogen-bond donors (Lipinski definition) is 0. The molecule has 1 nitrogen and oxygen atoms in total. The smallest absolute Gasteiger partial charge is 0.0361 e. The largest absolute Gasteiger partial charge is 0.293 e. The molecule has 86 valence electrons. The van der Waals surface area contributed by atoms with Crippen LogP contribution in [0, 0.1) is 6.92 Å². The Bertz CT molecular complexity index is 400. The molecule has 0 heterocycles. The van der Waals surface area contributed by atoms with Crippen molar-refractivity contribution in [1.29, 1.82) is 0 Å². The molecule has 1 heteroatoms. The molecule has 0 fully saturated rings. The SMILES string of the molecule is CCN=C/C(CC)=C(\C)c1ccccc1C. The molecule has 1 rings (SSSR count). The van der Waals surface area contributed by atoms with Crippen LogP contribution in [0.5, 0.6) is 0 Å². The van der Waals surface area contributed by atoms with Crippen molar-refractivity contribution >= 4 is 11.8 Å². The molecule has 0 aliphatic carbocycles. The van der Waals surface area contributed by atoms with Crippen molar-refractivity contribution in [3.63, 3.8) is 0 Å². The predicted octanol–water partition coefficient (Wildman–Crippen LogP) is 4.27. The van der Waals surface area contributed by atoms with Gasteiger partial charge in [-0.15, -0.1) is 0 Å². The van der Waals surface area contributed by atoms with Crippen LogP contribution in [-0.4, -0.2) is 12.8 Å². The molecular weight excluding hydrogens is 194 g/mol. The van der Waals surface area contributed by atoms with Gasteiger partial charge in [-0.25, -0.2) is 0 Å². The minimum Gasteiger partial charge on any atom is -0.293 e. The molecule has 1 aromatic rings. The molecule has 0 aliphatic heterocycles. The molecule has 16 heavy (non-hydrogen) atoms. The predicted molar refractivity (Wildman–Crippen MR) is 73.1 cm³/mol. The van der Waals surface area contributed by atoms with Crippen LogP contribution in [0.25, 0.3) is 5.57 Å². The van der Waals surface area contributed by atoms with Gasteiger partial charge in [-0.3, -0.25) is 4.99 Å². The lowest BCUT2D eigenvalue weighted by atomic mass is 9.97. The van der Waals surface area contributed by atoms with E-state index in [1.807, 2.05) is 6.21 Å². The summed E-state index contributed by atoms with van der Waals surface area (Å²) in [5.41, 5.74) is 5.34. The molecule has 1 aromatic carbocycles. The van der Waals surface area contributed by atoms with Crippen LogP contribution < -0.4 is 0 Å². The zero-order valence-electron chi connectivity index (χ0n) is 10.7. The normalized spacial score (nSPS) is 13.0. The lowest BCUT2D eigenvalue weighted by Gasteiger charge is -2.09. The lowest BCUT2D eigenvalue weighted by molar-refractivity contribution is 1.12. The van der Waals surface area contributed by atoms with Gasteiger partial charge in [-0.05, 0) is 49.5 Å². The molecular formula is C15H21N. The summed E-state index contributed by atoms with van der Waals surface area (Å²) in [6, 6.07) is 8.51. The van der Waals surface area contributed by atoms with E-state index in [4.69, 9.17) is 0 Å². The lowest BCUT2D eigenvalue weighted by Crippen LogP contribution is -1.93. The zero-order chi connectivity index (χ0) is 12.0. The Morgan fingerprint density at radius 3 is 2.50 bits per heavy atom. The second-order valence-corrected chi connectivity index (χ2v) is 3.95. The van der Waals surface area contributed by atoms with E-state index in [0.717, 1.165) is 13.0 Å². The number of hydrogen-bond acceptors (Lipinski definition) is 1. The number of rotatable bonds is 4. The Morgan fingerprint density at radius 2 is 1.94 bits per heavy atom. The highest BCUT2D eigenvalue weighted by Crippen LogP contribution is 2.22. The van der Waals surface area contributed by atoms with Crippen LogP contribution in [0.2, 0.25) is 0 Å². The van der Waals surface area contributed by atoms with Gasteiger partial charge in [0.2, 0.25) is 0 Å². The second-order valence-electron chi connectivity index (χ2n) is 3.95. The molecule has 0 saturated carbocycles. The topological polar surface area (TPSA) is 12.4 Å². The quantitative estimate of drug-likeness (QED) is 0.665. The number of aryl methyl sites for hydroxylation is 1. The van der Waals surface area contributed by atoms with Gasteiger partial charge in [0.15, 0.2) is 0 Å². The van der Waals surface area contributed by atoms with E-state index in [0.29, 0.717) is 0 Å². The fraction of sp³-hybridized carbons (Fsp3) is 0.400. The number of allylic oxidation sites excluding steroid dienone is 2. The minimum absolute atomic E-state index is 0.852. The van der Waals surface area contributed by atoms with Crippen LogP contribution >= 0.6 is 0 Å². The number of benzene rings is 1. The monoisotopic (exact) mass is 215 g/mol. The van der Waals surface area contributed by atoms with Crippen LogP contribution in [0.3, 0.4) is 0 Å². The Kier molecular flexibility index (Phi) is 4.97. The number of nitrogens with zero attached hydrogens (tertiary/aromatic N) is 1. The highest BCUT2D eigenvalue weighted by atomic mass is 14.7.